The summed E-state index contributed by atoms with van der Waals surface area (Å²) in [5.41, 5.74) is 3.29. The van der Waals surface area contributed by atoms with Crippen LogP contribution in [-0.2, 0) is 4.79 Å². The number of amides is 1. The van der Waals surface area contributed by atoms with Crippen LogP contribution in [0.1, 0.15) is 0 Å². The molecule has 0 bridgehead atoms. The highest BCUT2D eigenvalue weighted by atomic mass is 35.6. The summed E-state index contributed by atoms with van der Waals surface area (Å²) in [6.07, 6.45) is 0. The molecule has 4 nitrogen and oxygen atoms in total. The number of aromatic amines is 1. The van der Waals surface area contributed by atoms with Crippen molar-refractivity contribution in [2.75, 3.05) is 5.32 Å². The van der Waals surface area contributed by atoms with Gasteiger partial charge in [0, 0.05) is 11.3 Å². The first-order chi connectivity index (χ1) is 10.4. The van der Waals surface area contributed by atoms with E-state index in [1.165, 1.54) is 0 Å². The van der Waals surface area contributed by atoms with Crippen LogP contribution in [0.15, 0.2) is 48.5 Å². The highest BCUT2D eigenvalue weighted by Gasteiger charge is 2.30. The number of carbonyl (C=O) groups is 1. The molecular weight excluding hydrogens is 345 g/mol. The molecule has 0 spiro atoms. The smallest absolute Gasteiger partial charge is 0.276 e. The average Bonchev–Trinajstić information content (AvgIpc) is 2.91. The molecule has 0 unspecified atom stereocenters. The van der Waals surface area contributed by atoms with E-state index in [4.69, 9.17) is 34.8 Å². The summed E-state index contributed by atoms with van der Waals surface area (Å²) >= 11 is 16.5. The molecule has 0 aliphatic carbocycles. The summed E-state index contributed by atoms with van der Waals surface area (Å²) in [5, 5.41) is 2.52. The van der Waals surface area contributed by atoms with Crippen molar-refractivity contribution >= 4 is 57.4 Å². The Hall–Kier alpha value is -1.75. The van der Waals surface area contributed by atoms with Crippen molar-refractivity contribution in [3.8, 4) is 11.4 Å². The molecule has 0 aliphatic heterocycles. The second-order valence-electron chi connectivity index (χ2n) is 4.63. The Bertz CT molecular complexity index is 789. The predicted octanol–water partition coefficient (Wildman–Crippen LogP) is 4.54. The fourth-order valence-electron chi connectivity index (χ4n) is 2.00. The molecule has 22 heavy (non-hydrogen) atoms. The Balaban J connectivity index is 1.83. The molecule has 3 aromatic rings. The number of nitrogens with zero attached hydrogens (tertiary/aromatic N) is 1. The molecule has 2 N–H and O–H groups in total. The Kier molecular flexibility index (Phi) is 4.00. The van der Waals surface area contributed by atoms with E-state index in [1.807, 2.05) is 36.4 Å². The first-order valence-electron chi connectivity index (χ1n) is 6.37. The van der Waals surface area contributed by atoms with Gasteiger partial charge in [-0.05, 0) is 36.4 Å². The lowest BCUT2D eigenvalue weighted by Crippen LogP contribution is -2.26. The number of benzene rings is 2. The highest BCUT2D eigenvalue weighted by molar-refractivity contribution is 6.76. The number of nitrogens with one attached hydrogen (secondary N) is 2. The minimum absolute atomic E-state index is 0.538. The Morgan fingerprint density at radius 3 is 2.36 bits per heavy atom. The van der Waals surface area contributed by atoms with E-state index in [0.717, 1.165) is 22.4 Å². The quantitative estimate of drug-likeness (QED) is 0.664. The lowest BCUT2D eigenvalue weighted by molar-refractivity contribution is -0.115. The second kappa shape index (κ2) is 5.80. The lowest BCUT2D eigenvalue weighted by atomic mass is 10.2. The minimum Gasteiger partial charge on any atom is -0.338 e. The van der Waals surface area contributed by atoms with E-state index in [0.29, 0.717) is 5.69 Å². The molecule has 0 fully saturated rings. The fourth-order valence-corrected chi connectivity index (χ4v) is 2.14. The number of halogens is 3. The topological polar surface area (TPSA) is 57.8 Å². The van der Waals surface area contributed by atoms with Gasteiger partial charge in [-0.15, -0.1) is 0 Å². The lowest BCUT2D eigenvalue weighted by Gasteiger charge is -2.11. The van der Waals surface area contributed by atoms with Gasteiger partial charge < -0.3 is 10.3 Å². The molecule has 1 aromatic heterocycles. The molecular formula is C15H10Cl3N3O. The molecule has 7 heteroatoms. The summed E-state index contributed by atoms with van der Waals surface area (Å²) in [6, 6.07) is 14.9. The summed E-state index contributed by atoms with van der Waals surface area (Å²) in [4.78, 5) is 19.3. The van der Waals surface area contributed by atoms with Gasteiger partial charge >= 0.3 is 0 Å². The Morgan fingerprint density at radius 2 is 1.73 bits per heavy atom. The molecule has 0 saturated heterocycles. The van der Waals surface area contributed by atoms with E-state index in [9.17, 15) is 4.79 Å². The molecule has 0 radical (unpaired) electrons. The average molecular weight is 355 g/mol. The van der Waals surface area contributed by atoms with Crippen molar-refractivity contribution in [3.05, 3.63) is 48.5 Å². The van der Waals surface area contributed by atoms with Gasteiger partial charge in [-0.3, -0.25) is 4.79 Å². The van der Waals surface area contributed by atoms with Gasteiger partial charge in [0.1, 0.15) is 5.82 Å². The molecule has 112 valence electrons. The monoisotopic (exact) mass is 353 g/mol. The minimum atomic E-state index is -1.99. The van der Waals surface area contributed by atoms with Crippen molar-refractivity contribution in [2.45, 2.75) is 3.79 Å². The zero-order chi connectivity index (χ0) is 15.7. The maximum Gasteiger partial charge on any atom is 0.276 e. The van der Waals surface area contributed by atoms with Crippen LogP contribution in [0.3, 0.4) is 0 Å². The van der Waals surface area contributed by atoms with Gasteiger partial charge in [0.05, 0.1) is 11.0 Å². The van der Waals surface area contributed by atoms with Crippen molar-refractivity contribution in [1.29, 1.82) is 0 Å². The third-order valence-electron chi connectivity index (χ3n) is 3.06. The van der Waals surface area contributed by atoms with E-state index in [-0.39, 0.29) is 0 Å². The van der Waals surface area contributed by atoms with Crippen molar-refractivity contribution in [3.63, 3.8) is 0 Å². The number of imidazole rings is 1. The Morgan fingerprint density at radius 1 is 1.05 bits per heavy atom. The maximum atomic E-state index is 11.6. The number of alkyl halides is 3. The molecule has 1 amide bonds. The van der Waals surface area contributed by atoms with Crippen LogP contribution >= 0.6 is 34.8 Å². The summed E-state index contributed by atoms with van der Waals surface area (Å²) in [6.45, 7) is 0. The van der Waals surface area contributed by atoms with Crippen LogP contribution < -0.4 is 5.32 Å². The molecule has 1 heterocycles. The van der Waals surface area contributed by atoms with E-state index >= 15 is 0 Å². The Labute approximate surface area is 141 Å². The zero-order valence-corrected chi connectivity index (χ0v) is 13.4. The molecule has 0 aliphatic rings. The van der Waals surface area contributed by atoms with Gasteiger partial charge in [0.2, 0.25) is 0 Å². The van der Waals surface area contributed by atoms with Gasteiger partial charge in [-0.2, -0.15) is 0 Å². The third kappa shape index (κ3) is 3.19. The van der Waals surface area contributed by atoms with Gasteiger partial charge in [-0.25, -0.2) is 4.98 Å². The van der Waals surface area contributed by atoms with Crippen molar-refractivity contribution in [1.82, 2.24) is 9.97 Å². The van der Waals surface area contributed by atoms with Crippen LogP contribution in [0.2, 0.25) is 0 Å². The van der Waals surface area contributed by atoms with Crippen molar-refractivity contribution < 1.29 is 4.79 Å². The number of para-hydroxylation sites is 2. The largest absolute Gasteiger partial charge is 0.338 e. The summed E-state index contributed by atoms with van der Waals surface area (Å²) in [5.74, 6) is 0.0504. The maximum absolute atomic E-state index is 11.6. The van der Waals surface area contributed by atoms with Gasteiger partial charge in [0.15, 0.2) is 0 Å². The first-order valence-corrected chi connectivity index (χ1v) is 7.50. The van der Waals surface area contributed by atoms with Gasteiger partial charge in [-0.1, -0.05) is 46.9 Å². The number of hydrogen-bond donors (Lipinski definition) is 2. The number of rotatable bonds is 2. The van der Waals surface area contributed by atoms with Crippen LogP contribution in [0.5, 0.6) is 0 Å². The number of carbonyl (C=O) groups excluding carboxylic acids is 1. The number of anilines is 1. The molecule has 2 aromatic carbocycles. The predicted molar refractivity (Wildman–Crippen MR) is 90.4 cm³/mol. The zero-order valence-electron chi connectivity index (χ0n) is 11.1. The highest BCUT2D eigenvalue weighted by Crippen LogP contribution is 2.28. The standard InChI is InChI=1S/C15H10Cl3N3O/c16-15(17,18)14(22)19-10-7-5-9(6-8-10)13-20-11-3-1-2-4-12(11)21-13/h1-8H,(H,19,22)(H,20,21). The van der Waals surface area contributed by atoms with E-state index < -0.39 is 9.70 Å². The van der Waals surface area contributed by atoms with Gasteiger partial charge in [0.25, 0.3) is 9.70 Å². The van der Waals surface area contributed by atoms with E-state index in [1.54, 1.807) is 12.1 Å². The second-order valence-corrected chi connectivity index (χ2v) is 6.91. The third-order valence-corrected chi connectivity index (χ3v) is 3.58. The van der Waals surface area contributed by atoms with E-state index in [2.05, 4.69) is 15.3 Å². The molecule has 3 rings (SSSR count). The van der Waals surface area contributed by atoms with Crippen LogP contribution in [-0.4, -0.2) is 19.7 Å². The number of fused-ring (bicyclic) bond motifs is 1. The van der Waals surface area contributed by atoms with Crippen LogP contribution in [0.25, 0.3) is 22.4 Å². The van der Waals surface area contributed by atoms with Crippen molar-refractivity contribution in [2.24, 2.45) is 0 Å². The normalized spacial score (nSPS) is 11.6. The summed E-state index contributed by atoms with van der Waals surface area (Å²) < 4.78 is -1.99. The first kappa shape index (κ1) is 15.2. The van der Waals surface area contributed by atoms with Crippen LogP contribution in [0, 0.1) is 0 Å². The number of aromatic nitrogens is 2. The molecule has 0 atom stereocenters. The summed E-state index contributed by atoms with van der Waals surface area (Å²) in [7, 11) is 0. The SMILES string of the molecule is O=C(Nc1ccc(-c2nc3ccccc3[nH]2)cc1)C(Cl)(Cl)Cl. The number of hydrogen-bond acceptors (Lipinski definition) is 2. The van der Waals surface area contributed by atoms with Crippen LogP contribution in [0.4, 0.5) is 5.69 Å². The number of H-pyrrole nitrogens is 1. The fraction of sp³-hybridized carbons (Fsp3) is 0.0667. The molecule has 0 saturated carbocycles.